The third kappa shape index (κ3) is 4.14. The highest BCUT2D eigenvalue weighted by Crippen LogP contribution is 2.41. The van der Waals surface area contributed by atoms with Crippen LogP contribution in [0.25, 0.3) is 0 Å². The van der Waals surface area contributed by atoms with Gasteiger partial charge in [0.1, 0.15) is 11.3 Å². The lowest BCUT2D eigenvalue weighted by Crippen LogP contribution is -2.55. The second-order valence-corrected chi connectivity index (χ2v) is 6.65. The Morgan fingerprint density at radius 3 is 2.41 bits per heavy atom. The molecule has 1 aromatic rings. The highest BCUT2D eigenvalue weighted by molar-refractivity contribution is 6.32. The maximum absolute atomic E-state index is 12.7. The van der Waals surface area contributed by atoms with Gasteiger partial charge >= 0.3 is 18.1 Å². The van der Waals surface area contributed by atoms with Crippen LogP contribution < -0.4 is 9.64 Å². The normalized spacial score (nSPS) is 17.0. The first-order valence-electron chi connectivity index (χ1n) is 8.10. The molecule has 0 bridgehead atoms. The van der Waals surface area contributed by atoms with Crippen LogP contribution in [-0.2, 0) is 9.59 Å². The number of nitrogens with zero attached hydrogens (tertiary/aromatic N) is 1. The molecule has 0 spiro atoms. The summed E-state index contributed by atoms with van der Waals surface area (Å²) >= 11 is 6.02. The fourth-order valence-corrected chi connectivity index (χ4v) is 3.32. The summed E-state index contributed by atoms with van der Waals surface area (Å²) < 4.78 is 42.8. The Morgan fingerprint density at radius 1 is 1.37 bits per heavy atom. The summed E-state index contributed by atoms with van der Waals surface area (Å²) in [7, 11) is 0. The third-order valence-electron chi connectivity index (χ3n) is 4.52. The molecule has 1 fully saturated rings. The number of carbonyl (C=O) groups is 2. The number of halogens is 4. The number of anilines is 1. The van der Waals surface area contributed by atoms with E-state index in [0.717, 1.165) is 17.9 Å². The standard InChI is InChI=1S/C18H17ClF3NO4/c1-3-15(24)23(17(16(25)26)8-4-5-9-17)12-6-7-14(13(19)10-12)27-11(2)18(20,21)22/h1,6-7,10-11H,4-5,8-9H2,2H3,(H,25,26)/t11-/m1/s1. The Hall–Kier alpha value is -2.40. The number of benzene rings is 1. The van der Waals surface area contributed by atoms with Crippen LogP contribution in [0.15, 0.2) is 18.2 Å². The molecule has 1 aromatic carbocycles. The molecule has 0 aliphatic heterocycles. The second-order valence-electron chi connectivity index (χ2n) is 6.25. The third-order valence-corrected chi connectivity index (χ3v) is 4.82. The van der Waals surface area contributed by atoms with Crippen molar-refractivity contribution in [1.29, 1.82) is 0 Å². The van der Waals surface area contributed by atoms with Gasteiger partial charge in [0.05, 0.1) is 5.02 Å². The molecule has 1 aliphatic carbocycles. The molecule has 1 amide bonds. The SMILES string of the molecule is C#CC(=O)N(c1ccc(O[C@H](C)C(F)(F)F)c(Cl)c1)C1(C(=O)O)CCCC1. The van der Waals surface area contributed by atoms with Crippen LogP contribution in [-0.4, -0.2) is 34.8 Å². The quantitative estimate of drug-likeness (QED) is 0.754. The average molecular weight is 404 g/mol. The Labute approximate surface area is 159 Å². The van der Waals surface area contributed by atoms with Crippen LogP contribution in [0.1, 0.15) is 32.6 Å². The van der Waals surface area contributed by atoms with Crippen LogP contribution in [0.2, 0.25) is 5.02 Å². The van der Waals surface area contributed by atoms with Gasteiger partial charge in [0.25, 0.3) is 0 Å². The molecule has 1 saturated carbocycles. The molecule has 0 radical (unpaired) electrons. The summed E-state index contributed by atoms with van der Waals surface area (Å²) in [5.41, 5.74) is -1.44. The fraction of sp³-hybridized carbons (Fsp3) is 0.444. The number of alkyl halides is 3. The topological polar surface area (TPSA) is 66.8 Å². The van der Waals surface area contributed by atoms with Gasteiger partial charge in [-0.15, -0.1) is 6.42 Å². The van der Waals surface area contributed by atoms with Crippen LogP contribution in [0, 0.1) is 12.3 Å². The number of carbonyl (C=O) groups excluding carboxylic acids is 1. The zero-order valence-electron chi connectivity index (χ0n) is 14.3. The number of hydrogen-bond acceptors (Lipinski definition) is 3. The van der Waals surface area contributed by atoms with E-state index in [9.17, 15) is 27.9 Å². The monoisotopic (exact) mass is 403 g/mol. The van der Waals surface area contributed by atoms with Gasteiger partial charge in [-0.05, 0) is 43.9 Å². The number of ether oxygens (including phenoxy) is 1. The minimum absolute atomic E-state index is 0.0826. The van der Waals surface area contributed by atoms with E-state index in [4.69, 9.17) is 22.8 Å². The number of amides is 1. The number of carboxylic acids is 1. The van der Waals surface area contributed by atoms with E-state index < -0.39 is 29.7 Å². The van der Waals surface area contributed by atoms with E-state index >= 15 is 0 Å². The fourth-order valence-electron chi connectivity index (χ4n) is 3.10. The van der Waals surface area contributed by atoms with E-state index in [0.29, 0.717) is 12.8 Å². The highest BCUT2D eigenvalue weighted by Gasteiger charge is 2.49. The van der Waals surface area contributed by atoms with Gasteiger partial charge in [-0.25, -0.2) is 4.79 Å². The number of aliphatic carboxylic acids is 1. The van der Waals surface area contributed by atoms with Crippen molar-refractivity contribution >= 4 is 29.2 Å². The van der Waals surface area contributed by atoms with E-state index in [1.165, 1.54) is 12.1 Å². The lowest BCUT2D eigenvalue weighted by Gasteiger charge is -2.36. The van der Waals surface area contributed by atoms with Crippen LogP contribution in [0.5, 0.6) is 5.75 Å². The number of carboxylic acid groups (broad SMARTS) is 1. The second kappa shape index (κ2) is 7.69. The van der Waals surface area contributed by atoms with Gasteiger partial charge in [0, 0.05) is 5.69 Å². The number of rotatable bonds is 5. The van der Waals surface area contributed by atoms with E-state index in [-0.39, 0.29) is 29.3 Å². The van der Waals surface area contributed by atoms with Gasteiger partial charge in [-0.2, -0.15) is 13.2 Å². The summed E-state index contributed by atoms with van der Waals surface area (Å²) in [6.45, 7) is 0.830. The molecule has 1 atom stereocenters. The van der Waals surface area contributed by atoms with Gasteiger partial charge in [0.2, 0.25) is 0 Å². The minimum Gasteiger partial charge on any atom is -0.480 e. The first kappa shape index (κ1) is 20.9. The van der Waals surface area contributed by atoms with Gasteiger partial charge in [-0.3, -0.25) is 9.69 Å². The first-order valence-corrected chi connectivity index (χ1v) is 8.48. The molecule has 0 saturated heterocycles. The first-order chi connectivity index (χ1) is 12.5. The Bertz CT molecular complexity index is 782. The van der Waals surface area contributed by atoms with E-state index in [2.05, 4.69) is 0 Å². The van der Waals surface area contributed by atoms with Crippen molar-refractivity contribution in [1.82, 2.24) is 0 Å². The molecule has 1 aliphatic rings. The summed E-state index contributed by atoms with van der Waals surface area (Å²) in [4.78, 5) is 25.2. The Kier molecular flexibility index (Phi) is 5.95. The molecule has 27 heavy (non-hydrogen) atoms. The molecule has 5 nitrogen and oxygen atoms in total. The van der Waals surface area contributed by atoms with Gasteiger partial charge in [0.15, 0.2) is 6.10 Å². The molecule has 0 heterocycles. The van der Waals surface area contributed by atoms with Crippen LogP contribution >= 0.6 is 11.6 Å². The lowest BCUT2D eigenvalue weighted by molar-refractivity contribution is -0.189. The van der Waals surface area contributed by atoms with Crippen molar-refractivity contribution < 1.29 is 32.6 Å². The van der Waals surface area contributed by atoms with E-state index in [1.54, 1.807) is 0 Å². The van der Waals surface area contributed by atoms with Crippen molar-refractivity contribution in [2.45, 2.75) is 50.4 Å². The summed E-state index contributed by atoms with van der Waals surface area (Å²) in [6, 6.07) is 3.60. The zero-order chi connectivity index (χ0) is 20.4. The number of terminal acetylenes is 1. The van der Waals surface area contributed by atoms with Crippen molar-refractivity contribution in [2.75, 3.05) is 4.90 Å². The smallest absolute Gasteiger partial charge is 0.425 e. The summed E-state index contributed by atoms with van der Waals surface area (Å²) in [5.74, 6) is -0.406. The summed E-state index contributed by atoms with van der Waals surface area (Å²) in [6.07, 6.45) is 0.132. The largest absolute Gasteiger partial charge is 0.480 e. The van der Waals surface area contributed by atoms with E-state index in [1.807, 2.05) is 5.92 Å². The summed E-state index contributed by atoms with van der Waals surface area (Å²) in [5, 5.41) is 9.53. The minimum atomic E-state index is -4.58. The molecular formula is C18H17ClF3NO4. The zero-order valence-corrected chi connectivity index (χ0v) is 15.1. The molecule has 1 N–H and O–H groups in total. The maximum atomic E-state index is 12.7. The van der Waals surface area contributed by atoms with Crippen molar-refractivity contribution in [2.24, 2.45) is 0 Å². The molecule has 9 heteroatoms. The van der Waals surface area contributed by atoms with Crippen LogP contribution in [0.3, 0.4) is 0 Å². The predicted octanol–water partition coefficient (Wildman–Crippen LogP) is 4.03. The van der Waals surface area contributed by atoms with Crippen LogP contribution in [0.4, 0.5) is 18.9 Å². The highest BCUT2D eigenvalue weighted by atomic mass is 35.5. The van der Waals surface area contributed by atoms with Crippen molar-refractivity contribution in [3.8, 4) is 18.1 Å². The molecule has 0 aromatic heterocycles. The molecule has 2 rings (SSSR count). The average Bonchev–Trinajstić information content (AvgIpc) is 3.07. The van der Waals surface area contributed by atoms with Gasteiger partial charge in [-0.1, -0.05) is 24.4 Å². The number of hydrogen-bond donors (Lipinski definition) is 1. The Balaban J connectivity index is 2.44. The molecule has 0 unspecified atom stereocenters. The van der Waals surface area contributed by atoms with Crippen molar-refractivity contribution in [3.63, 3.8) is 0 Å². The molecular weight excluding hydrogens is 387 g/mol. The Morgan fingerprint density at radius 2 is 1.96 bits per heavy atom. The van der Waals surface area contributed by atoms with Gasteiger partial charge < -0.3 is 9.84 Å². The maximum Gasteiger partial charge on any atom is 0.425 e. The predicted molar refractivity (Wildman–Crippen MR) is 92.8 cm³/mol. The van der Waals surface area contributed by atoms with Crippen molar-refractivity contribution in [3.05, 3.63) is 23.2 Å². The lowest BCUT2D eigenvalue weighted by atomic mass is 9.94. The molecule has 146 valence electrons.